The summed E-state index contributed by atoms with van der Waals surface area (Å²) in [5.41, 5.74) is 0.961. The summed E-state index contributed by atoms with van der Waals surface area (Å²) in [4.78, 5) is 16.6. The maximum absolute atomic E-state index is 12.7. The van der Waals surface area contributed by atoms with E-state index in [-0.39, 0.29) is 12.0 Å². The van der Waals surface area contributed by atoms with Crippen LogP contribution in [0, 0.1) is 0 Å². The van der Waals surface area contributed by atoms with Crippen LogP contribution >= 0.6 is 0 Å². The molecule has 0 aromatic heterocycles. The van der Waals surface area contributed by atoms with E-state index in [0.717, 1.165) is 75.3 Å². The normalized spacial score (nSPS) is 18.4. The van der Waals surface area contributed by atoms with Crippen LogP contribution in [0.1, 0.15) is 47.2 Å². The number of ether oxygens (including phenoxy) is 1. The number of amides is 1. The van der Waals surface area contributed by atoms with Gasteiger partial charge in [0, 0.05) is 38.3 Å². The molecule has 2 fully saturated rings. The van der Waals surface area contributed by atoms with Crippen molar-refractivity contribution in [1.29, 1.82) is 0 Å². The number of likely N-dealkylation sites (tertiary alicyclic amines) is 2. The number of piperidine rings is 1. The van der Waals surface area contributed by atoms with Gasteiger partial charge in [-0.25, -0.2) is 0 Å². The summed E-state index contributed by atoms with van der Waals surface area (Å²) in [6.45, 7) is 3.97. The zero-order valence-electron chi connectivity index (χ0n) is 17.4. The van der Waals surface area contributed by atoms with Crippen LogP contribution in [0.5, 0.6) is 5.75 Å². The Balaban J connectivity index is 1.24. The highest BCUT2D eigenvalue weighted by molar-refractivity contribution is 5.94. The number of hydrogen-bond acceptors (Lipinski definition) is 3. The predicted octanol–water partition coefficient (Wildman–Crippen LogP) is 4.98. The molecule has 0 N–H and O–H groups in total. The highest BCUT2D eigenvalue weighted by Crippen LogP contribution is 2.29. The molecule has 2 saturated heterocycles. The number of nitrogens with zero attached hydrogens (tertiary/aromatic N) is 2. The molecule has 0 bridgehead atoms. The lowest BCUT2D eigenvalue weighted by molar-refractivity contribution is -0.137. The topological polar surface area (TPSA) is 32.8 Å². The van der Waals surface area contributed by atoms with Crippen molar-refractivity contribution in [2.75, 3.05) is 26.2 Å². The van der Waals surface area contributed by atoms with Crippen molar-refractivity contribution in [3.63, 3.8) is 0 Å². The summed E-state index contributed by atoms with van der Waals surface area (Å²) in [7, 11) is 0. The predicted molar refractivity (Wildman–Crippen MR) is 112 cm³/mol. The Morgan fingerprint density at radius 3 is 2.10 bits per heavy atom. The zero-order chi connectivity index (χ0) is 21.8. The third-order valence-corrected chi connectivity index (χ3v) is 6.02. The Hall–Kier alpha value is -2.54. The summed E-state index contributed by atoms with van der Waals surface area (Å²) in [5, 5.41) is 0. The molecule has 166 valence electrons. The van der Waals surface area contributed by atoms with E-state index in [9.17, 15) is 18.0 Å². The second kappa shape index (κ2) is 9.30. The molecular formula is C24H27F3N2O2. The highest BCUT2D eigenvalue weighted by Gasteiger charge is 2.30. The van der Waals surface area contributed by atoms with Gasteiger partial charge < -0.3 is 9.64 Å². The summed E-state index contributed by atoms with van der Waals surface area (Å²) in [5.74, 6) is 0.847. The zero-order valence-corrected chi connectivity index (χ0v) is 17.4. The van der Waals surface area contributed by atoms with Gasteiger partial charge in [-0.1, -0.05) is 12.1 Å². The average Bonchev–Trinajstić information content (AvgIpc) is 3.30. The van der Waals surface area contributed by atoms with Gasteiger partial charge in [-0.05, 0) is 67.6 Å². The van der Waals surface area contributed by atoms with Gasteiger partial charge in [0.25, 0.3) is 5.91 Å². The van der Waals surface area contributed by atoms with Gasteiger partial charge in [-0.15, -0.1) is 0 Å². The molecule has 2 aromatic rings. The SMILES string of the molecule is O=C(c1ccc(OC2CCN(Cc3ccc(C(F)(F)F)cc3)CC2)cc1)N1CCCC1. The van der Waals surface area contributed by atoms with Crippen molar-refractivity contribution >= 4 is 5.91 Å². The quantitative estimate of drug-likeness (QED) is 0.668. The molecule has 0 unspecified atom stereocenters. The van der Waals surface area contributed by atoms with Crippen molar-refractivity contribution in [3.05, 3.63) is 65.2 Å². The number of carbonyl (C=O) groups excluding carboxylic acids is 1. The van der Waals surface area contributed by atoms with Crippen LogP contribution in [0.4, 0.5) is 13.2 Å². The largest absolute Gasteiger partial charge is 0.490 e. The van der Waals surface area contributed by atoms with Gasteiger partial charge in [0.05, 0.1) is 5.56 Å². The van der Waals surface area contributed by atoms with E-state index in [2.05, 4.69) is 4.90 Å². The smallest absolute Gasteiger partial charge is 0.416 e. The molecule has 2 aliphatic rings. The Kier molecular flexibility index (Phi) is 6.51. The second-order valence-corrected chi connectivity index (χ2v) is 8.31. The van der Waals surface area contributed by atoms with Crippen molar-refractivity contribution in [3.8, 4) is 5.75 Å². The summed E-state index contributed by atoms with van der Waals surface area (Å²) in [6, 6.07) is 12.8. The van der Waals surface area contributed by atoms with E-state index in [1.54, 1.807) is 12.1 Å². The average molecular weight is 432 g/mol. The molecular weight excluding hydrogens is 405 g/mol. The summed E-state index contributed by atoms with van der Waals surface area (Å²) in [6.07, 6.45) is -0.337. The molecule has 2 heterocycles. The molecule has 0 atom stereocenters. The van der Waals surface area contributed by atoms with Crippen molar-refractivity contribution in [2.24, 2.45) is 0 Å². The second-order valence-electron chi connectivity index (χ2n) is 8.31. The van der Waals surface area contributed by atoms with Gasteiger partial charge >= 0.3 is 6.18 Å². The fourth-order valence-corrected chi connectivity index (χ4v) is 4.21. The van der Waals surface area contributed by atoms with Gasteiger partial charge in [0.15, 0.2) is 0 Å². The molecule has 4 nitrogen and oxygen atoms in total. The molecule has 4 rings (SSSR count). The van der Waals surface area contributed by atoms with Crippen molar-refractivity contribution < 1.29 is 22.7 Å². The third kappa shape index (κ3) is 5.58. The number of hydrogen-bond donors (Lipinski definition) is 0. The lowest BCUT2D eigenvalue weighted by Gasteiger charge is -2.32. The van der Waals surface area contributed by atoms with E-state index in [1.165, 1.54) is 0 Å². The summed E-state index contributed by atoms with van der Waals surface area (Å²) < 4.78 is 44.2. The Morgan fingerprint density at radius 1 is 0.903 bits per heavy atom. The van der Waals surface area contributed by atoms with Crippen LogP contribution in [-0.4, -0.2) is 48.0 Å². The van der Waals surface area contributed by atoms with Crippen molar-refractivity contribution in [1.82, 2.24) is 9.80 Å². The first-order valence-electron chi connectivity index (χ1n) is 10.8. The number of halogens is 3. The van der Waals surface area contributed by atoms with E-state index >= 15 is 0 Å². The maximum atomic E-state index is 12.7. The molecule has 0 aliphatic carbocycles. The molecule has 2 aromatic carbocycles. The highest BCUT2D eigenvalue weighted by atomic mass is 19.4. The van der Waals surface area contributed by atoms with Crippen LogP contribution in [0.2, 0.25) is 0 Å². The van der Waals surface area contributed by atoms with Crippen LogP contribution in [0.25, 0.3) is 0 Å². The lowest BCUT2D eigenvalue weighted by Crippen LogP contribution is -2.37. The van der Waals surface area contributed by atoms with Gasteiger partial charge in [-0.2, -0.15) is 13.2 Å². The molecule has 0 spiro atoms. The minimum absolute atomic E-state index is 0.0839. The number of benzene rings is 2. The van der Waals surface area contributed by atoms with Crippen LogP contribution < -0.4 is 4.74 Å². The van der Waals surface area contributed by atoms with E-state index in [0.29, 0.717) is 12.1 Å². The minimum Gasteiger partial charge on any atom is -0.490 e. The van der Waals surface area contributed by atoms with Crippen LogP contribution in [-0.2, 0) is 12.7 Å². The molecule has 1 amide bonds. The lowest BCUT2D eigenvalue weighted by atomic mass is 10.1. The van der Waals surface area contributed by atoms with Crippen LogP contribution in [0.15, 0.2) is 48.5 Å². The third-order valence-electron chi connectivity index (χ3n) is 6.02. The fraction of sp³-hybridized carbons (Fsp3) is 0.458. The Bertz CT molecular complexity index is 867. The molecule has 0 saturated carbocycles. The van der Waals surface area contributed by atoms with Crippen molar-refractivity contribution in [2.45, 2.75) is 44.5 Å². The Labute approximate surface area is 180 Å². The monoisotopic (exact) mass is 432 g/mol. The standard InChI is InChI=1S/C24H27F3N2O2/c25-24(26,27)20-7-3-18(4-8-20)17-28-15-11-22(12-16-28)31-21-9-5-19(6-10-21)23(30)29-13-1-2-14-29/h3-10,22H,1-2,11-17H2. The number of alkyl halides is 3. The fourth-order valence-electron chi connectivity index (χ4n) is 4.21. The van der Waals surface area contributed by atoms with E-state index in [1.807, 2.05) is 29.2 Å². The first-order chi connectivity index (χ1) is 14.9. The first kappa shape index (κ1) is 21.7. The van der Waals surface area contributed by atoms with Gasteiger partial charge in [0.2, 0.25) is 0 Å². The number of rotatable bonds is 5. The van der Waals surface area contributed by atoms with E-state index < -0.39 is 11.7 Å². The number of carbonyl (C=O) groups is 1. The molecule has 31 heavy (non-hydrogen) atoms. The Morgan fingerprint density at radius 2 is 1.52 bits per heavy atom. The first-order valence-corrected chi connectivity index (χ1v) is 10.8. The minimum atomic E-state index is -4.30. The molecule has 0 radical (unpaired) electrons. The van der Waals surface area contributed by atoms with Crippen LogP contribution in [0.3, 0.4) is 0 Å². The van der Waals surface area contributed by atoms with Gasteiger partial charge in [-0.3, -0.25) is 9.69 Å². The molecule has 7 heteroatoms. The van der Waals surface area contributed by atoms with Gasteiger partial charge in [0.1, 0.15) is 11.9 Å². The van der Waals surface area contributed by atoms with E-state index in [4.69, 9.17) is 4.74 Å². The maximum Gasteiger partial charge on any atom is 0.416 e. The summed E-state index contributed by atoms with van der Waals surface area (Å²) >= 11 is 0. The molecule has 2 aliphatic heterocycles.